The van der Waals surface area contributed by atoms with Gasteiger partial charge in [0.15, 0.2) is 0 Å². The number of carbonyl (C=O) groups excluding carboxylic acids is 1. The van der Waals surface area contributed by atoms with Gasteiger partial charge in [-0.1, -0.05) is 12.1 Å². The molecule has 0 aliphatic rings. The van der Waals surface area contributed by atoms with E-state index in [1.807, 2.05) is 26.0 Å². The minimum atomic E-state index is -0.00495. The first kappa shape index (κ1) is 12.4. The molecule has 4 nitrogen and oxygen atoms in total. The van der Waals surface area contributed by atoms with Crippen molar-refractivity contribution < 1.29 is 9.53 Å². The Morgan fingerprint density at radius 2 is 2.25 bits per heavy atom. The molecule has 0 saturated heterocycles. The molecule has 1 aromatic carbocycles. The number of nitrogens with one attached hydrogen (secondary N) is 1. The van der Waals surface area contributed by atoms with Crippen molar-refractivity contribution in [2.24, 2.45) is 0 Å². The van der Waals surface area contributed by atoms with Gasteiger partial charge in [-0.25, -0.2) is 0 Å². The molecule has 0 unspecified atom stereocenters. The number of amides is 1. The highest BCUT2D eigenvalue weighted by Crippen LogP contribution is 2.25. The van der Waals surface area contributed by atoms with Gasteiger partial charge in [0.2, 0.25) is 5.91 Å². The first-order valence-electron chi connectivity index (χ1n) is 5.39. The molecule has 0 saturated carbocycles. The van der Waals surface area contributed by atoms with Crippen LogP contribution < -0.4 is 15.8 Å². The predicted octanol–water partition coefficient (Wildman–Crippen LogP) is 1.48. The largest absolute Gasteiger partial charge is 0.491 e. The number of ether oxygens (including phenoxy) is 1. The third kappa shape index (κ3) is 3.46. The number of rotatable bonds is 5. The van der Waals surface area contributed by atoms with E-state index in [9.17, 15) is 4.79 Å². The van der Waals surface area contributed by atoms with Crippen molar-refractivity contribution in [3.63, 3.8) is 0 Å². The summed E-state index contributed by atoms with van der Waals surface area (Å²) in [5.41, 5.74) is 7.36. The van der Waals surface area contributed by atoms with Crippen LogP contribution >= 0.6 is 0 Å². The molecular formula is C12H18N2O2. The Hall–Kier alpha value is -1.71. The topological polar surface area (TPSA) is 64.3 Å². The summed E-state index contributed by atoms with van der Waals surface area (Å²) >= 11 is 0. The number of nitrogen functional groups attached to an aromatic ring is 1. The molecule has 0 radical (unpaired) electrons. The maximum absolute atomic E-state index is 11.2. The second kappa shape index (κ2) is 6.00. The maximum Gasteiger partial charge on any atom is 0.223 e. The molecule has 0 aliphatic heterocycles. The van der Waals surface area contributed by atoms with Crippen LogP contribution in [-0.2, 0) is 4.79 Å². The molecule has 88 valence electrons. The van der Waals surface area contributed by atoms with Crippen LogP contribution in [0.4, 0.5) is 5.69 Å². The molecule has 4 heteroatoms. The van der Waals surface area contributed by atoms with E-state index in [0.29, 0.717) is 31.0 Å². The summed E-state index contributed by atoms with van der Waals surface area (Å²) in [6, 6.07) is 5.59. The molecule has 0 aromatic heterocycles. The molecule has 3 N–H and O–H groups in total. The van der Waals surface area contributed by atoms with E-state index in [2.05, 4.69) is 5.32 Å². The second-order valence-electron chi connectivity index (χ2n) is 3.55. The summed E-state index contributed by atoms with van der Waals surface area (Å²) in [5.74, 6) is 0.668. The third-order valence-electron chi connectivity index (χ3n) is 2.19. The lowest BCUT2D eigenvalue weighted by Gasteiger charge is -2.11. The molecule has 16 heavy (non-hydrogen) atoms. The van der Waals surface area contributed by atoms with Crippen molar-refractivity contribution in [3.05, 3.63) is 23.8 Å². The molecule has 0 heterocycles. The number of carbonyl (C=O) groups is 1. The molecule has 0 spiro atoms. The molecule has 1 amide bonds. The Morgan fingerprint density at radius 1 is 1.50 bits per heavy atom. The summed E-state index contributed by atoms with van der Waals surface area (Å²) in [6.45, 7) is 4.81. The summed E-state index contributed by atoms with van der Waals surface area (Å²) in [5, 5.41) is 2.71. The van der Waals surface area contributed by atoms with Crippen LogP contribution in [0, 0.1) is 6.92 Å². The summed E-state index contributed by atoms with van der Waals surface area (Å²) < 4.78 is 5.50. The van der Waals surface area contributed by atoms with Crippen molar-refractivity contribution in [1.82, 2.24) is 5.32 Å². The van der Waals surface area contributed by atoms with Gasteiger partial charge < -0.3 is 15.8 Å². The number of benzene rings is 1. The zero-order valence-electron chi connectivity index (χ0n) is 9.75. The Balaban J connectivity index is 2.46. The van der Waals surface area contributed by atoms with E-state index in [4.69, 9.17) is 10.5 Å². The van der Waals surface area contributed by atoms with Gasteiger partial charge in [-0.3, -0.25) is 4.79 Å². The fourth-order valence-electron chi connectivity index (χ4n) is 1.40. The third-order valence-corrected chi connectivity index (χ3v) is 2.19. The van der Waals surface area contributed by atoms with E-state index in [1.54, 1.807) is 6.07 Å². The van der Waals surface area contributed by atoms with E-state index in [1.165, 1.54) is 0 Å². The normalized spacial score (nSPS) is 9.88. The van der Waals surface area contributed by atoms with Crippen LogP contribution in [0.3, 0.4) is 0 Å². The van der Waals surface area contributed by atoms with Gasteiger partial charge in [-0.05, 0) is 25.5 Å². The van der Waals surface area contributed by atoms with Crippen LogP contribution in [0.2, 0.25) is 0 Å². The Bertz CT molecular complexity index is 344. The molecule has 1 aromatic rings. The average Bonchev–Trinajstić information content (AvgIpc) is 2.23. The van der Waals surface area contributed by atoms with Crippen LogP contribution in [-0.4, -0.2) is 19.1 Å². The summed E-state index contributed by atoms with van der Waals surface area (Å²) in [6.07, 6.45) is 0.349. The lowest BCUT2D eigenvalue weighted by molar-refractivity contribution is -0.121. The highest BCUT2D eigenvalue weighted by atomic mass is 16.5. The standard InChI is InChI=1S/C12H18N2O2/c1-3-14-11(15)7-8-16-12-9(2)5-4-6-10(12)13/h4-6H,3,7-8,13H2,1-2H3,(H,14,15). The van der Waals surface area contributed by atoms with Crippen molar-refractivity contribution >= 4 is 11.6 Å². The first-order chi connectivity index (χ1) is 7.65. The summed E-state index contributed by atoms with van der Waals surface area (Å²) in [4.78, 5) is 11.2. The number of aryl methyl sites for hydroxylation is 1. The molecule has 0 fully saturated rings. The zero-order valence-corrected chi connectivity index (χ0v) is 9.75. The van der Waals surface area contributed by atoms with Crippen molar-refractivity contribution in [1.29, 1.82) is 0 Å². The maximum atomic E-state index is 11.2. The summed E-state index contributed by atoms with van der Waals surface area (Å²) in [7, 11) is 0. The Kier molecular flexibility index (Phi) is 4.64. The van der Waals surface area contributed by atoms with Gasteiger partial charge in [0.05, 0.1) is 18.7 Å². The molecule has 0 bridgehead atoms. The number of hydrogen-bond acceptors (Lipinski definition) is 3. The fraction of sp³-hybridized carbons (Fsp3) is 0.417. The highest BCUT2D eigenvalue weighted by molar-refractivity contribution is 5.75. The quantitative estimate of drug-likeness (QED) is 0.742. The van der Waals surface area contributed by atoms with Gasteiger partial charge in [0, 0.05) is 6.54 Å². The van der Waals surface area contributed by atoms with E-state index < -0.39 is 0 Å². The monoisotopic (exact) mass is 222 g/mol. The number of nitrogens with two attached hydrogens (primary N) is 1. The Morgan fingerprint density at radius 3 is 2.88 bits per heavy atom. The van der Waals surface area contributed by atoms with Gasteiger partial charge in [-0.2, -0.15) is 0 Å². The van der Waals surface area contributed by atoms with Gasteiger partial charge in [0.1, 0.15) is 5.75 Å². The minimum Gasteiger partial charge on any atom is -0.491 e. The van der Waals surface area contributed by atoms with Crippen molar-refractivity contribution in [3.8, 4) is 5.75 Å². The number of hydrogen-bond donors (Lipinski definition) is 2. The van der Waals surface area contributed by atoms with Crippen LogP contribution in [0.25, 0.3) is 0 Å². The van der Waals surface area contributed by atoms with Gasteiger partial charge in [0.25, 0.3) is 0 Å². The van der Waals surface area contributed by atoms with E-state index >= 15 is 0 Å². The first-order valence-corrected chi connectivity index (χ1v) is 5.39. The predicted molar refractivity (Wildman–Crippen MR) is 64.4 cm³/mol. The van der Waals surface area contributed by atoms with Crippen molar-refractivity contribution in [2.45, 2.75) is 20.3 Å². The highest BCUT2D eigenvalue weighted by Gasteiger charge is 2.05. The van der Waals surface area contributed by atoms with Crippen LogP contribution in [0.1, 0.15) is 18.9 Å². The number of anilines is 1. The average molecular weight is 222 g/mol. The van der Waals surface area contributed by atoms with E-state index in [0.717, 1.165) is 5.56 Å². The second-order valence-corrected chi connectivity index (χ2v) is 3.55. The van der Waals surface area contributed by atoms with Crippen LogP contribution in [0.15, 0.2) is 18.2 Å². The lowest BCUT2D eigenvalue weighted by atomic mass is 10.2. The lowest BCUT2D eigenvalue weighted by Crippen LogP contribution is -2.24. The molecule has 0 atom stereocenters. The minimum absolute atomic E-state index is 0.00495. The van der Waals surface area contributed by atoms with Gasteiger partial charge in [-0.15, -0.1) is 0 Å². The molecule has 0 aliphatic carbocycles. The molecular weight excluding hydrogens is 204 g/mol. The van der Waals surface area contributed by atoms with Crippen molar-refractivity contribution in [2.75, 3.05) is 18.9 Å². The Labute approximate surface area is 95.8 Å². The zero-order chi connectivity index (χ0) is 12.0. The number of para-hydroxylation sites is 1. The molecule has 1 rings (SSSR count). The van der Waals surface area contributed by atoms with Crippen LogP contribution in [0.5, 0.6) is 5.75 Å². The smallest absolute Gasteiger partial charge is 0.223 e. The van der Waals surface area contributed by atoms with Gasteiger partial charge >= 0.3 is 0 Å². The van der Waals surface area contributed by atoms with E-state index in [-0.39, 0.29) is 5.91 Å². The SMILES string of the molecule is CCNC(=O)CCOc1c(C)cccc1N. The fourth-order valence-corrected chi connectivity index (χ4v) is 1.40.